The van der Waals surface area contributed by atoms with Crippen LogP contribution in [0, 0.1) is 6.92 Å². The van der Waals surface area contributed by atoms with Crippen molar-refractivity contribution >= 4 is 11.8 Å². The number of Topliss-reactive ketones (excluding diaryl/α,β-unsaturated/α-hetero) is 1. The zero-order valence-electron chi connectivity index (χ0n) is 14.6. The lowest BCUT2D eigenvalue weighted by atomic mass is 10.1. The Morgan fingerprint density at radius 1 is 1.04 bits per heavy atom. The fourth-order valence-corrected chi connectivity index (χ4v) is 2.33. The molecule has 0 spiro atoms. The minimum atomic E-state index is -0.407. The van der Waals surface area contributed by atoms with E-state index in [-0.39, 0.29) is 12.2 Å². The van der Waals surface area contributed by atoms with Crippen LogP contribution in [0.15, 0.2) is 53.1 Å². The van der Waals surface area contributed by atoms with Gasteiger partial charge in [-0.3, -0.25) is 9.59 Å². The Hall–Kier alpha value is -3.28. The van der Waals surface area contributed by atoms with Crippen molar-refractivity contribution in [3.05, 3.63) is 65.5 Å². The number of ketones is 1. The molecule has 1 aromatic heterocycles. The van der Waals surface area contributed by atoms with Crippen molar-refractivity contribution in [1.29, 1.82) is 0 Å². The van der Waals surface area contributed by atoms with Crippen LogP contribution in [0.2, 0.25) is 0 Å². The van der Waals surface area contributed by atoms with Gasteiger partial charge in [-0.1, -0.05) is 35.0 Å². The van der Waals surface area contributed by atoms with Crippen LogP contribution < -0.4 is 4.74 Å². The number of ether oxygens (including phenoxy) is 1. The molecule has 0 fully saturated rings. The lowest BCUT2D eigenvalue weighted by Gasteiger charge is -2.03. The number of hydrogen-bond acceptors (Lipinski definition) is 6. The normalized spacial score (nSPS) is 10.5. The van der Waals surface area contributed by atoms with Gasteiger partial charge in [-0.05, 0) is 38.1 Å². The van der Waals surface area contributed by atoms with Crippen molar-refractivity contribution < 1.29 is 18.8 Å². The van der Waals surface area contributed by atoms with Gasteiger partial charge in [0.25, 0.3) is 0 Å². The zero-order chi connectivity index (χ0) is 18.5. The Labute approximate surface area is 150 Å². The molecular weight excluding hydrogens is 332 g/mol. The molecule has 132 valence electrons. The molecule has 3 aromatic rings. The third-order valence-electron chi connectivity index (χ3n) is 3.81. The van der Waals surface area contributed by atoms with E-state index in [1.54, 1.807) is 24.3 Å². The monoisotopic (exact) mass is 350 g/mol. The fourth-order valence-electron chi connectivity index (χ4n) is 2.33. The van der Waals surface area contributed by atoms with Crippen LogP contribution in [-0.4, -0.2) is 21.9 Å². The fraction of sp³-hybridized carbons (Fsp3) is 0.200. The van der Waals surface area contributed by atoms with E-state index in [9.17, 15) is 9.59 Å². The molecule has 0 saturated carbocycles. The van der Waals surface area contributed by atoms with E-state index < -0.39 is 5.97 Å². The first-order valence-electron chi connectivity index (χ1n) is 8.22. The molecule has 0 atom stereocenters. The summed E-state index contributed by atoms with van der Waals surface area (Å²) < 4.78 is 10.4. The smallest absolute Gasteiger partial charge is 0.311 e. The highest BCUT2D eigenvalue weighted by Crippen LogP contribution is 2.17. The standard InChI is InChI=1S/C20H18N2O4/c1-13-3-5-16(6-4-13)20-21-18(26-22-20)11-12-19(24)25-17-9-7-15(8-10-17)14(2)23/h3-10H,11-12H2,1-2H3. The minimum absolute atomic E-state index is 0.0383. The van der Waals surface area contributed by atoms with Crippen molar-refractivity contribution in [2.45, 2.75) is 26.7 Å². The molecule has 0 aliphatic heterocycles. The summed E-state index contributed by atoms with van der Waals surface area (Å²) in [6.07, 6.45) is 0.410. The summed E-state index contributed by atoms with van der Waals surface area (Å²) in [5, 5.41) is 3.93. The van der Waals surface area contributed by atoms with Crippen molar-refractivity contribution in [3.63, 3.8) is 0 Å². The van der Waals surface area contributed by atoms with Gasteiger partial charge in [0.1, 0.15) is 5.75 Å². The quantitative estimate of drug-likeness (QED) is 0.382. The highest BCUT2D eigenvalue weighted by molar-refractivity contribution is 5.94. The second kappa shape index (κ2) is 7.74. The molecule has 0 saturated heterocycles. The second-order valence-electron chi connectivity index (χ2n) is 5.93. The Bertz CT molecular complexity index is 912. The van der Waals surface area contributed by atoms with Gasteiger partial charge in [0.2, 0.25) is 11.7 Å². The predicted molar refractivity (Wildman–Crippen MR) is 94.9 cm³/mol. The van der Waals surface area contributed by atoms with E-state index >= 15 is 0 Å². The maximum absolute atomic E-state index is 11.9. The van der Waals surface area contributed by atoms with Crippen LogP contribution in [0.25, 0.3) is 11.4 Å². The van der Waals surface area contributed by atoms with Gasteiger partial charge in [0.15, 0.2) is 5.78 Å². The summed E-state index contributed by atoms with van der Waals surface area (Å²) in [6, 6.07) is 14.2. The number of aromatic nitrogens is 2. The topological polar surface area (TPSA) is 82.3 Å². The van der Waals surface area contributed by atoms with Crippen molar-refractivity contribution in [2.75, 3.05) is 0 Å². The number of carbonyl (C=O) groups is 2. The summed E-state index contributed by atoms with van der Waals surface area (Å²) in [5.41, 5.74) is 2.58. The van der Waals surface area contributed by atoms with Crippen molar-refractivity contribution in [2.24, 2.45) is 0 Å². The van der Waals surface area contributed by atoms with E-state index in [1.807, 2.05) is 31.2 Å². The van der Waals surface area contributed by atoms with Gasteiger partial charge in [-0.15, -0.1) is 0 Å². The first-order chi connectivity index (χ1) is 12.5. The van der Waals surface area contributed by atoms with Crippen LogP contribution in [0.5, 0.6) is 5.75 Å². The number of rotatable bonds is 6. The molecular formula is C20H18N2O4. The van der Waals surface area contributed by atoms with E-state index in [4.69, 9.17) is 9.26 Å². The summed E-state index contributed by atoms with van der Waals surface area (Å²) in [6.45, 7) is 3.49. The molecule has 0 unspecified atom stereocenters. The molecule has 6 heteroatoms. The summed E-state index contributed by atoms with van der Waals surface area (Å²) in [5.74, 6) is 0.822. The number of carbonyl (C=O) groups excluding carboxylic acids is 2. The number of benzene rings is 2. The average molecular weight is 350 g/mol. The molecule has 0 aliphatic rings. The van der Waals surface area contributed by atoms with Crippen LogP contribution in [0.3, 0.4) is 0 Å². The van der Waals surface area contributed by atoms with Crippen molar-refractivity contribution in [1.82, 2.24) is 10.1 Å². The van der Waals surface area contributed by atoms with Crippen LogP contribution in [0.1, 0.15) is 35.2 Å². The first-order valence-corrected chi connectivity index (χ1v) is 8.22. The number of aryl methyl sites for hydroxylation is 2. The molecule has 0 aliphatic carbocycles. The molecule has 0 bridgehead atoms. The largest absolute Gasteiger partial charge is 0.427 e. The third-order valence-corrected chi connectivity index (χ3v) is 3.81. The van der Waals surface area contributed by atoms with Crippen LogP contribution in [-0.2, 0) is 11.2 Å². The van der Waals surface area contributed by atoms with E-state index in [0.717, 1.165) is 11.1 Å². The predicted octanol–water partition coefficient (Wildman–Crippen LogP) is 3.79. The Morgan fingerprint density at radius 2 is 1.73 bits per heavy atom. The highest BCUT2D eigenvalue weighted by Gasteiger charge is 2.12. The molecule has 1 heterocycles. The maximum atomic E-state index is 11.9. The Kier molecular flexibility index (Phi) is 5.22. The second-order valence-corrected chi connectivity index (χ2v) is 5.93. The molecule has 0 radical (unpaired) electrons. The lowest BCUT2D eigenvalue weighted by molar-refractivity contribution is -0.134. The zero-order valence-corrected chi connectivity index (χ0v) is 14.6. The Balaban J connectivity index is 1.54. The summed E-state index contributed by atoms with van der Waals surface area (Å²) in [4.78, 5) is 27.5. The Morgan fingerprint density at radius 3 is 2.38 bits per heavy atom. The average Bonchev–Trinajstić information content (AvgIpc) is 3.10. The molecule has 2 aromatic carbocycles. The third kappa shape index (κ3) is 4.42. The van der Waals surface area contributed by atoms with Crippen LogP contribution in [0.4, 0.5) is 0 Å². The molecule has 0 N–H and O–H groups in total. The van der Waals surface area contributed by atoms with Gasteiger partial charge >= 0.3 is 5.97 Å². The first kappa shape index (κ1) is 17.5. The molecule has 0 amide bonds. The van der Waals surface area contributed by atoms with Gasteiger partial charge in [0.05, 0.1) is 6.42 Å². The molecule has 6 nitrogen and oxygen atoms in total. The molecule has 26 heavy (non-hydrogen) atoms. The number of hydrogen-bond donors (Lipinski definition) is 0. The minimum Gasteiger partial charge on any atom is -0.427 e. The highest BCUT2D eigenvalue weighted by atomic mass is 16.5. The van der Waals surface area contributed by atoms with Gasteiger partial charge in [0, 0.05) is 17.5 Å². The number of esters is 1. The number of nitrogens with zero attached hydrogens (tertiary/aromatic N) is 2. The maximum Gasteiger partial charge on any atom is 0.311 e. The van der Waals surface area contributed by atoms with Gasteiger partial charge in [-0.25, -0.2) is 0 Å². The summed E-state index contributed by atoms with van der Waals surface area (Å²) >= 11 is 0. The van der Waals surface area contributed by atoms with E-state index in [1.165, 1.54) is 6.92 Å². The SMILES string of the molecule is CC(=O)c1ccc(OC(=O)CCc2nc(-c3ccc(C)cc3)no2)cc1. The van der Waals surface area contributed by atoms with Gasteiger partial charge in [-0.2, -0.15) is 4.98 Å². The van der Waals surface area contributed by atoms with Crippen molar-refractivity contribution in [3.8, 4) is 17.1 Å². The molecule has 3 rings (SSSR count). The van der Waals surface area contributed by atoms with Crippen LogP contribution >= 0.6 is 0 Å². The summed E-state index contributed by atoms with van der Waals surface area (Å²) in [7, 11) is 0. The van der Waals surface area contributed by atoms with Gasteiger partial charge < -0.3 is 9.26 Å². The van der Waals surface area contributed by atoms with E-state index in [2.05, 4.69) is 10.1 Å². The lowest BCUT2D eigenvalue weighted by Crippen LogP contribution is -2.09. The van der Waals surface area contributed by atoms with E-state index in [0.29, 0.717) is 29.4 Å².